The van der Waals surface area contributed by atoms with Crippen molar-refractivity contribution in [1.82, 2.24) is 15.0 Å². The maximum absolute atomic E-state index is 11.8. The standard InChI is InChI=1S/C23H20N4O2/c1-29-23(28)19-11-18(13-24-14-19)17-7-8-21-20(12-17)22(27-15-26-21)25-10-9-16-5-3-2-4-6-16/h2-8,11-15H,9-10H2,1H3,(H,25,26,27). The number of carbonyl (C=O) groups excluding carboxylic acids is 1. The number of benzene rings is 2. The highest BCUT2D eigenvalue weighted by Gasteiger charge is 2.10. The molecule has 4 rings (SSSR count). The van der Waals surface area contributed by atoms with Gasteiger partial charge in [-0.2, -0.15) is 0 Å². The normalized spacial score (nSPS) is 10.7. The van der Waals surface area contributed by atoms with Gasteiger partial charge in [0.05, 0.1) is 18.2 Å². The maximum atomic E-state index is 11.8. The molecule has 0 saturated heterocycles. The van der Waals surface area contributed by atoms with Crippen LogP contribution in [0.5, 0.6) is 0 Å². The van der Waals surface area contributed by atoms with Crippen molar-refractivity contribution in [2.24, 2.45) is 0 Å². The summed E-state index contributed by atoms with van der Waals surface area (Å²) < 4.78 is 4.79. The summed E-state index contributed by atoms with van der Waals surface area (Å²) in [7, 11) is 1.36. The first kappa shape index (κ1) is 18.6. The number of methoxy groups -OCH3 is 1. The van der Waals surface area contributed by atoms with Crippen LogP contribution in [-0.4, -0.2) is 34.6 Å². The van der Waals surface area contributed by atoms with Gasteiger partial charge < -0.3 is 10.1 Å². The second-order valence-corrected chi connectivity index (χ2v) is 6.57. The minimum atomic E-state index is -0.410. The number of ether oxygens (including phenoxy) is 1. The highest BCUT2D eigenvalue weighted by atomic mass is 16.5. The fourth-order valence-corrected chi connectivity index (χ4v) is 3.17. The molecule has 0 aliphatic heterocycles. The van der Waals surface area contributed by atoms with Gasteiger partial charge in [0.2, 0.25) is 0 Å². The Morgan fingerprint density at radius 3 is 2.69 bits per heavy atom. The molecule has 0 saturated carbocycles. The maximum Gasteiger partial charge on any atom is 0.339 e. The number of aromatic nitrogens is 3. The summed E-state index contributed by atoms with van der Waals surface area (Å²) in [6.45, 7) is 0.764. The van der Waals surface area contributed by atoms with Gasteiger partial charge in [-0.25, -0.2) is 14.8 Å². The summed E-state index contributed by atoms with van der Waals surface area (Å²) in [5.41, 5.74) is 4.29. The van der Waals surface area contributed by atoms with Crippen LogP contribution in [-0.2, 0) is 11.2 Å². The Morgan fingerprint density at radius 1 is 1.00 bits per heavy atom. The molecule has 29 heavy (non-hydrogen) atoms. The third kappa shape index (κ3) is 4.21. The topological polar surface area (TPSA) is 77.0 Å². The zero-order valence-corrected chi connectivity index (χ0v) is 16.0. The number of nitrogens with one attached hydrogen (secondary N) is 1. The van der Waals surface area contributed by atoms with E-state index in [1.54, 1.807) is 18.6 Å². The number of pyridine rings is 1. The van der Waals surface area contributed by atoms with E-state index in [0.717, 1.165) is 40.8 Å². The van der Waals surface area contributed by atoms with E-state index in [1.807, 2.05) is 36.4 Å². The molecule has 0 radical (unpaired) electrons. The number of fused-ring (bicyclic) bond motifs is 1. The zero-order valence-electron chi connectivity index (χ0n) is 16.0. The molecule has 0 spiro atoms. The second-order valence-electron chi connectivity index (χ2n) is 6.57. The molecule has 0 aliphatic rings. The first-order valence-corrected chi connectivity index (χ1v) is 9.31. The van der Waals surface area contributed by atoms with Gasteiger partial charge in [0.1, 0.15) is 12.1 Å². The summed E-state index contributed by atoms with van der Waals surface area (Å²) in [6.07, 6.45) is 5.68. The Hall–Kier alpha value is -3.80. The summed E-state index contributed by atoms with van der Waals surface area (Å²) in [5.74, 6) is 0.372. The van der Waals surface area contributed by atoms with Gasteiger partial charge in [0, 0.05) is 29.9 Å². The Bertz CT molecular complexity index is 1150. The lowest BCUT2D eigenvalue weighted by Gasteiger charge is -2.10. The first-order valence-electron chi connectivity index (χ1n) is 9.31. The number of hydrogen-bond donors (Lipinski definition) is 1. The summed E-state index contributed by atoms with van der Waals surface area (Å²) in [4.78, 5) is 24.8. The van der Waals surface area contributed by atoms with E-state index in [2.05, 4.69) is 32.4 Å². The van der Waals surface area contributed by atoms with Crippen LogP contribution in [0.1, 0.15) is 15.9 Å². The summed E-state index contributed by atoms with van der Waals surface area (Å²) in [5, 5.41) is 4.33. The fraction of sp³-hybridized carbons (Fsp3) is 0.130. The number of carbonyl (C=O) groups is 1. The Labute approximate surface area is 168 Å². The molecule has 0 amide bonds. The van der Waals surface area contributed by atoms with Crippen LogP contribution in [0, 0.1) is 0 Å². The second kappa shape index (κ2) is 8.48. The van der Waals surface area contributed by atoms with E-state index in [0.29, 0.717) is 5.56 Å². The quantitative estimate of drug-likeness (QED) is 0.504. The molecule has 0 unspecified atom stereocenters. The third-order valence-corrected chi connectivity index (χ3v) is 4.68. The summed E-state index contributed by atoms with van der Waals surface area (Å²) in [6, 6.07) is 18.0. The van der Waals surface area contributed by atoms with Crippen molar-refractivity contribution < 1.29 is 9.53 Å². The number of nitrogens with zero attached hydrogens (tertiary/aromatic N) is 3. The molecule has 2 aromatic carbocycles. The zero-order chi connectivity index (χ0) is 20.1. The Balaban J connectivity index is 1.61. The highest BCUT2D eigenvalue weighted by Crippen LogP contribution is 2.27. The van der Waals surface area contributed by atoms with Crippen LogP contribution < -0.4 is 5.32 Å². The highest BCUT2D eigenvalue weighted by molar-refractivity contribution is 5.94. The van der Waals surface area contributed by atoms with Gasteiger partial charge >= 0.3 is 5.97 Å². The van der Waals surface area contributed by atoms with Crippen LogP contribution in [0.3, 0.4) is 0 Å². The van der Waals surface area contributed by atoms with Gasteiger partial charge in [-0.3, -0.25) is 4.98 Å². The molecule has 144 valence electrons. The number of esters is 1. The SMILES string of the molecule is COC(=O)c1cncc(-c2ccc3ncnc(NCCc4ccccc4)c3c2)c1. The Morgan fingerprint density at radius 2 is 1.86 bits per heavy atom. The van der Waals surface area contributed by atoms with Crippen molar-refractivity contribution in [3.05, 3.63) is 84.4 Å². The van der Waals surface area contributed by atoms with Gasteiger partial charge in [-0.05, 0) is 35.7 Å². The molecular weight excluding hydrogens is 364 g/mol. The smallest absolute Gasteiger partial charge is 0.339 e. The largest absolute Gasteiger partial charge is 0.465 e. The molecule has 2 aromatic heterocycles. The van der Waals surface area contributed by atoms with Crippen molar-refractivity contribution in [1.29, 1.82) is 0 Å². The van der Waals surface area contributed by atoms with Gasteiger partial charge in [-0.1, -0.05) is 36.4 Å². The number of hydrogen-bond acceptors (Lipinski definition) is 6. The molecule has 0 fully saturated rings. The van der Waals surface area contributed by atoms with Crippen molar-refractivity contribution in [3.63, 3.8) is 0 Å². The van der Waals surface area contributed by atoms with Gasteiger partial charge in [0.25, 0.3) is 0 Å². The van der Waals surface area contributed by atoms with E-state index in [-0.39, 0.29) is 0 Å². The van der Waals surface area contributed by atoms with Crippen molar-refractivity contribution >= 4 is 22.7 Å². The van der Waals surface area contributed by atoms with Crippen LogP contribution >= 0.6 is 0 Å². The minimum absolute atomic E-state index is 0.410. The molecule has 1 N–H and O–H groups in total. The van der Waals surface area contributed by atoms with Gasteiger partial charge in [-0.15, -0.1) is 0 Å². The molecular formula is C23H20N4O2. The monoisotopic (exact) mass is 384 g/mol. The lowest BCUT2D eigenvalue weighted by atomic mass is 10.0. The predicted octanol–water partition coefficient (Wildman–Crippen LogP) is 4.13. The lowest BCUT2D eigenvalue weighted by Crippen LogP contribution is -2.07. The average molecular weight is 384 g/mol. The van der Waals surface area contributed by atoms with E-state index in [4.69, 9.17) is 4.74 Å². The van der Waals surface area contributed by atoms with Crippen molar-refractivity contribution in [2.45, 2.75) is 6.42 Å². The molecule has 0 bridgehead atoms. The number of rotatable bonds is 6. The Kier molecular flexibility index (Phi) is 5.42. The molecule has 0 atom stereocenters. The van der Waals surface area contributed by atoms with Crippen LogP contribution in [0.2, 0.25) is 0 Å². The number of anilines is 1. The average Bonchev–Trinajstić information content (AvgIpc) is 2.79. The van der Waals surface area contributed by atoms with Gasteiger partial charge in [0.15, 0.2) is 0 Å². The first-order chi connectivity index (χ1) is 14.2. The molecule has 6 heteroatoms. The van der Waals surface area contributed by atoms with Crippen LogP contribution in [0.4, 0.5) is 5.82 Å². The van der Waals surface area contributed by atoms with Crippen molar-refractivity contribution in [3.8, 4) is 11.1 Å². The molecule has 0 aliphatic carbocycles. The minimum Gasteiger partial charge on any atom is -0.465 e. The fourth-order valence-electron chi connectivity index (χ4n) is 3.17. The van der Waals surface area contributed by atoms with E-state index < -0.39 is 5.97 Å². The third-order valence-electron chi connectivity index (χ3n) is 4.68. The van der Waals surface area contributed by atoms with E-state index in [9.17, 15) is 4.79 Å². The molecule has 2 heterocycles. The molecule has 4 aromatic rings. The molecule has 6 nitrogen and oxygen atoms in total. The van der Waals surface area contributed by atoms with Crippen LogP contribution in [0.25, 0.3) is 22.0 Å². The van der Waals surface area contributed by atoms with E-state index >= 15 is 0 Å². The summed E-state index contributed by atoms with van der Waals surface area (Å²) >= 11 is 0. The predicted molar refractivity (Wildman–Crippen MR) is 113 cm³/mol. The van der Waals surface area contributed by atoms with Crippen molar-refractivity contribution in [2.75, 3.05) is 19.0 Å². The van der Waals surface area contributed by atoms with Crippen LogP contribution in [0.15, 0.2) is 73.3 Å². The lowest BCUT2D eigenvalue weighted by molar-refractivity contribution is 0.0600. The van der Waals surface area contributed by atoms with E-state index in [1.165, 1.54) is 18.9 Å².